The number of allylic oxidation sites excluding steroid dienone is 1. The van der Waals surface area contributed by atoms with Crippen molar-refractivity contribution in [3.05, 3.63) is 39.9 Å². The van der Waals surface area contributed by atoms with Gasteiger partial charge in [-0.05, 0) is 12.1 Å². The molecule has 1 aromatic carbocycles. The molecule has 0 bridgehead atoms. The van der Waals surface area contributed by atoms with Gasteiger partial charge in [0.15, 0.2) is 0 Å². The van der Waals surface area contributed by atoms with Gasteiger partial charge in [-0.1, -0.05) is 17.7 Å². The average Bonchev–Trinajstić information content (AvgIpc) is 2.40. The topological polar surface area (TPSA) is 54.5 Å². The molecule has 90 valence electrons. The van der Waals surface area contributed by atoms with Gasteiger partial charge in [-0.2, -0.15) is 0 Å². The molecule has 0 unspecified atom stereocenters. The molecule has 0 amide bonds. The lowest BCUT2D eigenvalue weighted by Crippen LogP contribution is -2.10. The summed E-state index contributed by atoms with van der Waals surface area (Å²) >= 11 is 5.85. The number of sulfone groups is 1. The SMILES string of the molecule is CN(C)/C=C1\C(=O)c2cccc(Cl)c2S1(=O)=O. The first-order chi connectivity index (χ1) is 7.85. The fraction of sp³-hybridized carbons (Fsp3) is 0.182. The van der Waals surface area contributed by atoms with Crippen LogP contribution in [-0.2, 0) is 9.84 Å². The van der Waals surface area contributed by atoms with Gasteiger partial charge in [0.2, 0.25) is 15.6 Å². The maximum atomic E-state index is 12.2. The number of Topliss-reactive ketones (excluding diaryl/α,β-unsaturated/α-hetero) is 1. The number of hydrogen-bond donors (Lipinski definition) is 0. The van der Waals surface area contributed by atoms with E-state index < -0.39 is 15.6 Å². The number of carbonyl (C=O) groups excluding carboxylic acids is 1. The van der Waals surface area contributed by atoms with Crippen LogP contribution in [0.2, 0.25) is 5.02 Å². The van der Waals surface area contributed by atoms with Crippen molar-refractivity contribution < 1.29 is 13.2 Å². The Morgan fingerprint density at radius 3 is 2.47 bits per heavy atom. The summed E-state index contributed by atoms with van der Waals surface area (Å²) in [4.78, 5) is 13.2. The molecule has 0 aliphatic carbocycles. The highest BCUT2D eigenvalue weighted by Gasteiger charge is 2.40. The first-order valence-corrected chi connectivity index (χ1v) is 6.68. The summed E-state index contributed by atoms with van der Waals surface area (Å²) < 4.78 is 24.3. The molecule has 0 aromatic heterocycles. The Hall–Kier alpha value is -1.33. The minimum Gasteiger partial charge on any atom is -0.382 e. The molecule has 0 atom stereocenters. The summed E-state index contributed by atoms with van der Waals surface area (Å²) in [5.74, 6) is -0.504. The molecule has 17 heavy (non-hydrogen) atoms. The van der Waals surface area contributed by atoms with Crippen molar-refractivity contribution in [3.8, 4) is 0 Å². The highest BCUT2D eigenvalue weighted by molar-refractivity contribution is 7.97. The molecular formula is C11H10ClNO3S. The minimum absolute atomic E-state index is 0.0815. The van der Waals surface area contributed by atoms with E-state index in [-0.39, 0.29) is 20.4 Å². The van der Waals surface area contributed by atoms with Crippen LogP contribution in [-0.4, -0.2) is 33.2 Å². The zero-order chi connectivity index (χ0) is 12.8. The molecule has 0 fully saturated rings. The van der Waals surface area contributed by atoms with Crippen molar-refractivity contribution in [2.75, 3.05) is 14.1 Å². The van der Waals surface area contributed by atoms with E-state index >= 15 is 0 Å². The van der Waals surface area contributed by atoms with Gasteiger partial charge in [-0.3, -0.25) is 4.79 Å². The molecular weight excluding hydrogens is 262 g/mol. The summed E-state index contributed by atoms with van der Waals surface area (Å²) in [6.45, 7) is 0. The molecule has 6 heteroatoms. The Kier molecular flexibility index (Phi) is 2.75. The molecule has 0 radical (unpaired) electrons. The average molecular weight is 272 g/mol. The van der Waals surface area contributed by atoms with Crippen LogP contribution in [0.1, 0.15) is 10.4 Å². The predicted octanol–water partition coefficient (Wildman–Crippen LogP) is 1.71. The zero-order valence-corrected chi connectivity index (χ0v) is 10.8. The summed E-state index contributed by atoms with van der Waals surface area (Å²) in [5.41, 5.74) is 0.144. The number of carbonyl (C=O) groups is 1. The first kappa shape index (κ1) is 12.1. The monoisotopic (exact) mass is 271 g/mol. The van der Waals surface area contributed by atoms with E-state index in [0.717, 1.165) is 0 Å². The Bertz CT molecular complexity index is 632. The fourth-order valence-corrected chi connectivity index (χ4v) is 3.87. The van der Waals surface area contributed by atoms with Gasteiger partial charge < -0.3 is 4.90 Å². The molecule has 0 N–H and O–H groups in total. The number of nitrogens with zero attached hydrogens (tertiary/aromatic N) is 1. The second kappa shape index (κ2) is 3.85. The largest absolute Gasteiger partial charge is 0.382 e. The number of benzene rings is 1. The van der Waals surface area contributed by atoms with Crippen molar-refractivity contribution in [2.45, 2.75) is 4.90 Å². The smallest absolute Gasteiger partial charge is 0.214 e. The van der Waals surface area contributed by atoms with Crippen LogP contribution in [0.4, 0.5) is 0 Å². The normalized spacial score (nSPS) is 19.5. The van der Waals surface area contributed by atoms with Crippen LogP contribution in [0.3, 0.4) is 0 Å². The maximum absolute atomic E-state index is 12.2. The van der Waals surface area contributed by atoms with Gasteiger partial charge in [0, 0.05) is 25.9 Å². The third-order valence-corrected chi connectivity index (χ3v) is 4.64. The molecule has 0 saturated carbocycles. The molecule has 2 rings (SSSR count). The number of hydrogen-bond acceptors (Lipinski definition) is 4. The van der Waals surface area contributed by atoms with Gasteiger partial charge in [0.05, 0.1) is 5.02 Å². The molecule has 0 saturated heterocycles. The van der Waals surface area contributed by atoms with Crippen LogP contribution in [0.5, 0.6) is 0 Å². The third-order valence-electron chi connectivity index (χ3n) is 2.37. The molecule has 1 aliphatic heterocycles. The number of rotatable bonds is 1. The highest BCUT2D eigenvalue weighted by atomic mass is 35.5. The van der Waals surface area contributed by atoms with Gasteiger partial charge in [-0.25, -0.2) is 8.42 Å². The van der Waals surface area contributed by atoms with E-state index in [2.05, 4.69) is 0 Å². The van der Waals surface area contributed by atoms with Crippen LogP contribution in [0.25, 0.3) is 0 Å². The lowest BCUT2D eigenvalue weighted by atomic mass is 10.1. The lowest BCUT2D eigenvalue weighted by molar-refractivity contribution is 0.104. The third kappa shape index (κ3) is 1.75. The van der Waals surface area contributed by atoms with E-state index in [1.54, 1.807) is 20.2 Å². The quantitative estimate of drug-likeness (QED) is 0.730. The number of ketones is 1. The minimum atomic E-state index is -3.78. The Labute approximate surface area is 104 Å². The van der Waals surface area contributed by atoms with Crippen molar-refractivity contribution in [1.82, 2.24) is 4.90 Å². The Balaban J connectivity index is 2.79. The van der Waals surface area contributed by atoms with E-state index in [9.17, 15) is 13.2 Å². The highest BCUT2D eigenvalue weighted by Crippen LogP contribution is 2.38. The van der Waals surface area contributed by atoms with Gasteiger partial charge in [-0.15, -0.1) is 0 Å². The van der Waals surface area contributed by atoms with Crippen LogP contribution >= 0.6 is 11.6 Å². The number of fused-ring (bicyclic) bond motifs is 1. The summed E-state index contributed by atoms with van der Waals surface area (Å²) in [5, 5.41) is 0.0815. The molecule has 0 spiro atoms. The molecule has 1 heterocycles. The van der Waals surface area contributed by atoms with Crippen LogP contribution in [0.15, 0.2) is 34.2 Å². The van der Waals surface area contributed by atoms with Crippen molar-refractivity contribution in [1.29, 1.82) is 0 Å². The molecule has 4 nitrogen and oxygen atoms in total. The van der Waals surface area contributed by atoms with Gasteiger partial charge >= 0.3 is 0 Å². The first-order valence-electron chi connectivity index (χ1n) is 4.82. The summed E-state index contributed by atoms with van der Waals surface area (Å²) in [6, 6.07) is 4.49. The van der Waals surface area contributed by atoms with Crippen molar-refractivity contribution in [3.63, 3.8) is 0 Å². The second-order valence-corrected chi connectivity index (χ2v) is 6.17. The summed E-state index contributed by atoms with van der Waals surface area (Å²) in [7, 11) is -0.477. The van der Waals surface area contributed by atoms with Gasteiger partial charge in [0.25, 0.3) is 0 Å². The Morgan fingerprint density at radius 1 is 1.29 bits per heavy atom. The van der Waals surface area contributed by atoms with Crippen molar-refractivity contribution >= 4 is 27.2 Å². The maximum Gasteiger partial charge on any atom is 0.214 e. The van der Waals surface area contributed by atoms with E-state index in [4.69, 9.17) is 11.6 Å². The molecule has 1 aromatic rings. The van der Waals surface area contributed by atoms with Gasteiger partial charge in [0.1, 0.15) is 9.80 Å². The lowest BCUT2D eigenvalue weighted by Gasteiger charge is -2.05. The molecule has 1 aliphatic rings. The van der Waals surface area contributed by atoms with E-state index in [0.29, 0.717) is 0 Å². The fourth-order valence-electron chi connectivity index (χ4n) is 1.69. The zero-order valence-electron chi connectivity index (χ0n) is 9.27. The van der Waals surface area contributed by atoms with E-state index in [1.165, 1.54) is 23.2 Å². The van der Waals surface area contributed by atoms with Crippen LogP contribution in [0, 0.1) is 0 Å². The van der Waals surface area contributed by atoms with E-state index in [1.807, 2.05) is 0 Å². The van der Waals surface area contributed by atoms with Crippen molar-refractivity contribution in [2.24, 2.45) is 0 Å². The van der Waals surface area contributed by atoms with Crippen LogP contribution < -0.4 is 0 Å². The second-order valence-electron chi connectivity index (χ2n) is 3.91. The summed E-state index contributed by atoms with van der Waals surface area (Å²) in [6.07, 6.45) is 1.30. The number of halogens is 1. The standard InChI is InChI=1S/C11H10ClNO3S/c1-13(2)6-9-10(14)7-4-3-5-8(12)11(7)17(9,15)16/h3-6H,1-2H3/b9-6+. The predicted molar refractivity (Wildman–Crippen MR) is 64.7 cm³/mol. The Morgan fingerprint density at radius 2 is 1.94 bits per heavy atom.